The molecule has 0 bridgehead atoms. The summed E-state index contributed by atoms with van der Waals surface area (Å²) in [6.45, 7) is 9.14. The minimum Gasteiger partial charge on any atom is -0.383 e. The predicted molar refractivity (Wildman–Crippen MR) is 90.1 cm³/mol. The Morgan fingerprint density at radius 3 is 2.45 bits per heavy atom. The van der Waals surface area contributed by atoms with Crippen molar-refractivity contribution < 1.29 is 4.79 Å². The number of nitrogens with zero attached hydrogens (tertiary/aromatic N) is 1. The minimum absolute atomic E-state index is 0.0424. The average Bonchev–Trinajstić information content (AvgIpc) is 2.44. The monoisotopic (exact) mass is 305 g/mol. The van der Waals surface area contributed by atoms with Crippen LogP contribution in [0.1, 0.15) is 52.4 Å². The zero-order chi connectivity index (χ0) is 16.4. The fraction of sp³-hybridized carbons (Fsp3) is 0.588. The molecule has 0 aliphatic heterocycles. The van der Waals surface area contributed by atoms with Gasteiger partial charge in [0.05, 0.1) is 5.70 Å². The normalized spacial score (nSPS) is 14.1. The van der Waals surface area contributed by atoms with Crippen molar-refractivity contribution >= 4 is 5.91 Å². The van der Waals surface area contributed by atoms with Gasteiger partial charge in [-0.3, -0.25) is 4.79 Å². The molecule has 0 unspecified atom stereocenters. The van der Waals surface area contributed by atoms with Gasteiger partial charge < -0.3 is 10.6 Å². The van der Waals surface area contributed by atoms with Crippen LogP contribution in [-0.2, 0) is 4.79 Å². The van der Waals surface area contributed by atoms with E-state index >= 15 is 0 Å². The van der Waals surface area contributed by atoms with Crippen molar-refractivity contribution in [3.63, 3.8) is 0 Å². The molecule has 0 aromatic carbocycles. The van der Waals surface area contributed by atoms with Crippen LogP contribution in [0.2, 0.25) is 0 Å². The molecule has 0 aromatic heterocycles. The third-order valence-electron chi connectivity index (χ3n) is 3.69. The van der Waals surface area contributed by atoms with Gasteiger partial charge in [-0.15, -0.1) is 4.91 Å². The van der Waals surface area contributed by atoms with E-state index in [2.05, 4.69) is 35.4 Å². The quantitative estimate of drug-likeness (QED) is 0.368. The lowest BCUT2D eigenvalue weighted by Crippen LogP contribution is -2.31. The first-order valence-electron chi connectivity index (χ1n) is 7.99. The van der Waals surface area contributed by atoms with E-state index in [1.165, 1.54) is 0 Å². The highest BCUT2D eigenvalue weighted by atomic mass is 16.3. The SMILES string of the molecule is C=C(C)/C(=C/CC)NCCNC(=O)CCC(N=O)=C1CCC1. The third kappa shape index (κ3) is 6.24. The fourth-order valence-electron chi connectivity index (χ4n) is 2.25. The van der Waals surface area contributed by atoms with Crippen molar-refractivity contribution in [1.82, 2.24) is 10.6 Å². The third-order valence-corrected chi connectivity index (χ3v) is 3.69. The molecule has 1 rings (SSSR count). The molecule has 22 heavy (non-hydrogen) atoms. The van der Waals surface area contributed by atoms with Crippen LogP contribution in [0.25, 0.3) is 0 Å². The molecular weight excluding hydrogens is 278 g/mol. The molecule has 0 saturated heterocycles. The van der Waals surface area contributed by atoms with Gasteiger partial charge >= 0.3 is 0 Å². The number of hydrogen-bond acceptors (Lipinski definition) is 4. The lowest BCUT2D eigenvalue weighted by atomic mass is 9.89. The van der Waals surface area contributed by atoms with Crippen LogP contribution in [0.5, 0.6) is 0 Å². The summed E-state index contributed by atoms with van der Waals surface area (Å²) in [4.78, 5) is 22.5. The molecule has 1 amide bonds. The number of nitrogens with one attached hydrogen (secondary N) is 2. The van der Waals surface area contributed by atoms with Gasteiger partial charge in [0.1, 0.15) is 0 Å². The second-order valence-electron chi connectivity index (χ2n) is 5.58. The Labute approximate surface area is 132 Å². The van der Waals surface area contributed by atoms with Crippen molar-refractivity contribution in [2.45, 2.75) is 52.4 Å². The summed E-state index contributed by atoms with van der Waals surface area (Å²) >= 11 is 0. The zero-order valence-corrected chi connectivity index (χ0v) is 13.7. The summed E-state index contributed by atoms with van der Waals surface area (Å²) in [7, 11) is 0. The first kappa shape index (κ1) is 18.1. The maximum Gasteiger partial charge on any atom is 0.220 e. The Morgan fingerprint density at radius 1 is 1.27 bits per heavy atom. The van der Waals surface area contributed by atoms with Crippen molar-refractivity contribution in [1.29, 1.82) is 0 Å². The van der Waals surface area contributed by atoms with Gasteiger partial charge in [-0.1, -0.05) is 19.6 Å². The van der Waals surface area contributed by atoms with E-state index in [1.807, 2.05) is 6.92 Å². The summed E-state index contributed by atoms with van der Waals surface area (Å²) in [6.07, 6.45) is 6.84. The van der Waals surface area contributed by atoms with Crippen molar-refractivity contribution in [3.05, 3.63) is 40.1 Å². The van der Waals surface area contributed by atoms with Crippen LogP contribution >= 0.6 is 0 Å². The molecule has 0 spiro atoms. The summed E-state index contributed by atoms with van der Waals surface area (Å²) in [5.74, 6) is -0.0424. The number of carbonyl (C=O) groups excluding carboxylic acids is 1. The molecule has 1 aliphatic carbocycles. The molecular formula is C17H27N3O2. The van der Waals surface area contributed by atoms with Gasteiger partial charge in [0.2, 0.25) is 5.91 Å². The lowest BCUT2D eigenvalue weighted by molar-refractivity contribution is -0.121. The molecule has 1 aliphatic rings. The van der Waals surface area contributed by atoms with Gasteiger partial charge in [0.25, 0.3) is 0 Å². The average molecular weight is 305 g/mol. The Bertz CT molecular complexity index is 472. The number of hydrogen-bond donors (Lipinski definition) is 2. The van der Waals surface area contributed by atoms with E-state index < -0.39 is 0 Å². The van der Waals surface area contributed by atoms with Gasteiger partial charge in [-0.2, -0.15) is 0 Å². The second kappa shape index (κ2) is 9.92. The van der Waals surface area contributed by atoms with E-state index in [9.17, 15) is 9.70 Å². The van der Waals surface area contributed by atoms with Crippen LogP contribution in [0.15, 0.2) is 40.4 Å². The van der Waals surface area contributed by atoms with Crippen LogP contribution < -0.4 is 10.6 Å². The van der Waals surface area contributed by atoms with Crippen LogP contribution in [0.3, 0.4) is 0 Å². The molecule has 0 heterocycles. The minimum atomic E-state index is -0.0424. The zero-order valence-electron chi connectivity index (χ0n) is 13.7. The highest BCUT2D eigenvalue weighted by Crippen LogP contribution is 2.30. The van der Waals surface area contributed by atoms with Crippen molar-refractivity contribution in [2.75, 3.05) is 13.1 Å². The Balaban J connectivity index is 2.22. The molecule has 0 atom stereocenters. The van der Waals surface area contributed by atoms with E-state index in [0.29, 0.717) is 31.6 Å². The summed E-state index contributed by atoms with van der Waals surface area (Å²) in [6, 6.07) is 0. The molecule has 2 N–H and O–H groups in total. The second-order valence-corrected chi connectivity index (χ2v) is 5.58. The van der Waals surface area contributed by atoms with Crippen molar-refractivity contribution in [2.24, 2.45) is 5.18 Å². The molecule has 0 aromatic rings. The maximum atomic E-state index is 11.8. The smallest absolute Gasteiger partial charge is 0.220 e. The van der Waals surface area contributed by atoms with E-state index in [-0.39, 0.29) is 5.91 Å². The standard InChI is InChI=1S/C17H27N3O2/c1-4-6-15(13(2)3)18-11-12-19-17(21)10-9-16(20-22)14-7-5-8-14/h6,18H,2,4-5,7-12H2,1,3H3,(H,19,21)/b15-6-. The molecule has 5 nitrogen and oxygen atoms in total. The highest BCUT2D eigenvalue weighted by molar-refractivity contribution is 5.76. The number of allylic oxidation sites excluding steroid dienone is 4. The highest BCUT2D eigenvalue weighted by Gasteiger charge is 2.16. The Hall–Kier alpha value is -1.91. The first-order valence-corrected chi connectivity index (χ1v) is 7.99. The van der Waals surface area contributed by atoms with Crippen LogP contribution in [-0.4, -0.2) is 19.0 Å². The largest absolute Gasteiger partial charge is 0.383 e. The Kier molecular flexibility index (Phi) is 8.18. The fourth-order valence-corrected chi connectivity index (χ4v) is 2.25. The van der Waals surface area contributed by atoms with E-state index in [0.717, 1.165) is 42.5 Å². The number of rotatable bonds is 10. The van der Waals surface area contributed by atoms with Gasteiger partial charge in [0.15, 0.2) is 0 Å². The van der Waals surface area contributed by atoms with Gasteiger partial charge in [0, 0.05) is 31.6 Å². The summed E-state index contributed by atoms with van der Waals surface area (Å²) in [5.41, 5.74) is 3.72. The summed E-state index contributed by atoms with van der Waals surface area (Å²) in [5, 5.41) is 9.17. The van der Waals surface area contributed by atoms with Crippen LogP contribution in [0.4, 0.5) is 0 Å². The predicted octanol–water partition coefficient (Wildman–Crippen LogP) is 3.55. The Morgan fingerprint density at radius 2 is 1.95 bits per heavy atom. The van der Waals surface area contributed by atoms with Gasteiger partial charge in [-0.05, 0) is 48.9 Å². The van der Waals surface area contributed by atoms with Crippen molar-refractivity contribution in [3.8, 4) is 0 Å². The summed E-state index contributed by atoms with van der Waals surface area (Å²) < 4.78 is 0. The maximum absolute atomic E-state index is 11.8. The number of nitroso groups, excluding NO2 is 1. The number of carbonyl (C=O) groups is 1. The van der Waals surface area contributed by atoms with Gasteiger partial charge in [-0.25, -0.2) is 0 Å². The molecule has 122 valence electrons. The molecule has 5 heteroatoms. The molecule has 0 radical (unpaired) electrons. The topological polar surface area (TPSA) is 70.6 Å². The molecule has 1 saturated carbocycles. The lowest BCUT2D eigenvalue weighted by Gasteiger charge is -2.18. The first-order chi connectivity index (χ1) is 10.6. The number of amides is 1. The van der Waals surface area contributed by atoms with E-state index in [4.69, 9.17) is 0 Å². The van der Waals surface area contributed by atoms with E-state index in [1.54, 1.807) is 0 Å². The van der Waals surface area contributed by atoms with Crippen LogP contribution in [0, 0.1) is 4.91 Å². The molecule has 1 fully saturated rings.